The number of rotatable bonds is 8. The fourth-order valence-electron chi connectivity index (χ4n) is 3.79. The molecule has 1 saturated carbocycles. The average molecular weight is 393 g/mol. The highest BCUT2D eigenvalue weighted by Gasteiger charge is 2.35. The molecule has 1 fully saturated rings. The van der Waals surface area contributed by atoms with E-state index in [0.717, 1.165) is 25.7 Å². The molecule has 0 unspecified atom stereocenters. The standard InChI is InChI=1S/C21H31NO6/c1-14-5-7-15(8-6-14)20(24)22(16(12-26-2)13-27-3)19-10-9-17(23)11-18(19)21(25)28-4/h9-11,14-16,23H,5-8,12-13H2,1-4H3/t14-,15-. The Labute approximate surface area is 166 Å². The summed E-state index contributed by atoms with van der Waals surface area (Å²) in [4.78, 5) is 27.5. The van der Waals surface area contributed by atoms with Gasteiger partial charge in [-0.1, -0.05) is 6.92 Å². The number of benzene rings is 1. The Morgan fingerprint density at radius 1 is 1.11 bits per heavy atom. The Balaban J connectivity index is 2.49. The topological polar surface area (TPSA) is 85.3 Å². The average Bonchev–Trinajstić information content (AvgIpc) is 2.69. The number of phenols is 1. The van der Waals surface area contributed by atoms with Crippen LogP contribution in [-0.4, -0.2) is 57.6 Å². The predicted molar refractivity (Wildman–Crippen MR) is 106 cm³/mol. The lowest BCUT2D eigenvalue weighted by Crippen LogP contribution is -2.49. The van der Waals surface area contributed by atoms with Crippen LogP contribution in [0.4, 0.5) is 5.69 Å². The van der Waals surface area contributed by atoms with E-state index >= 15 is 0 Å². The van der Waals surface area contributed by atoms with Crippen LogP contribution in [0.2, 0.25) is 0 Å². The number of hydrogen-bond acceptors (Lipinski definition) is 6. The molecule has 0 bridgehead atoms. The van der Waals surface area contributed by atoms with Gasteiger partial charge in [-0.05, 0) is 49.8 Å². The van der Waals surface area contributed by atoms with Gasteiger partial charge in [-0.2, -0.15) is 0 Å². The van der Waals surface area contributed by atoms with Crippen LogP contribution in [-0.2, 0) is 19.0 Å². The van der Waals surface area contributed by atoms with Crippen molar-refractivity contribution in [1.29, 1.82) is 0 Å². The first-order valence-corrected chi connectivity index (χ1v) is 9.65. The lowest BCUT2D eigenvalue weighted by molar-refractivity contribution is -0.124. The van der Waals surface area contributed by atoms with E-state index in [1.54, 1.807) is 25.2 Å². The van der Waals surface area contributed by atoms with Gasteiger partial charge in [0.15, 0.2) is 0 Å². The van der Waals surface area contributed by atoms with E-state index in [4.69, 9.17) is 14.2 Å². The molecule has 156 valence electrons. The molecule has 0 saturated heterocycles. The summed E-state index contributed by atoms with van der Waals surface area (Å²) in [6.07, 6.45) is 3.63. The van der Waals surface area contributed by atoms with Gasteiger partial charge in [0, 0.05) is 20.1 Å². The van der Waals surface area contributed by atoms with Crippen molar-refractivity contribution in [1.82, 2.24) is 0 Å². The largest absolute Gasteiger partial charge is 0.508 e. The number of nitrogens with zero attached hydrogens (tertiary/aromatic N) is 1. The van der Waals surface area contributed by atoms with Gasteiger partial charge < -0.3 is 24.2 Å². The molecular weight excluding hydrogens is 362 g/mol. The zero-order valence-corrected chi connectivity index (χ0v) is 17.1. The number of ether oxygens (including phenoxy) is 3. The lowest BCUT2D eigenvalue weighted by atomic mass is 9.82. The summed E-state index contributed by atoms with van der Waals surface area (Å²) in [5.41, 5.74) is 0.532. The smallest absolute Gasteiger partial charge is 0.340 e. The summed E-state index contributed by atoms with van der Waals surface area (Å²) in [7, 11) is 4.39. The number of anilines is 1. The van der Waals surface area contributed by atoms with Crippen LogP contribution in [0.25, 0.3) is 0 Å². The van der Waals surface area contributed by atoms with E-state index in [-0.39, 0.29) is 36.4 Å². The van der Waals surface area contributed by atoms with E-state index in [1.165, 1.54) is 19.2 Å². The van der Waals surface area contributed by atoms with E-state index in [2.05, 4.69) is 6.92 Å². The summed E-state index contributed by atoms with van der Waals surface area (Å²) in [5.74, 6) is -0.244. The first-order chi connectivity index (χ1) is 13.4. The maximum atomic E-state index is 13.5. The Hall–Kier alpha value is -2.12. The predicted octanol–water partition coefficient (Wildman–Crippen LogP) is 3.00. The molecule has 0 aromatic heterocycles. The number of phenolic OH excluding ortho intramolecular Hbond substituents is 1. The van der Waals surface area contributed by atoms with Gasteiger partial charge in [-0.3, -0.25) is 4.79 Å². The Kier molecular flexibility index (Phi) is 8.26. The minimum atomic E-state index is -0.616. The summed E-state index contributed by atoms with van der Waals surface area (Å²) in [6.45, 7) is 2.71. The van der Waals surface area contributed by atoms with Gasteiger partial charge in [0.2, 0.25) is 5.91 Å². The van der Waals surface area contributed by atoms with Crippen molar-refractivity contribution in [3.8, 4) is 5.75 Å². The van der Waals surface area contributed by atoms with Crippen LogP contribution >= 0.6 is 0 Å². The van der Waals surface area contributed by atoms with Crippen LogP contribution in [0.15, 0.2) is 18.2 Å². The van der Waals surface area contributed by atoms with Gasteiger partial charge >= 0.3 is 5.97 Å². The van der Waals surface area contributed by atoms with E-state index in [1.807, 2.05) is 0 Å². The normalized spacial score (nSPS) is 19.5. The molecule has 1 aromatic rings. The van der Waals surface area contributed by atoms with Gasteiger partial charge in [-0.25, -0.2) is 4.79 Å². The van der Waals surface area contributed by atoms with Crippen LogP contribution in [0, 0.1) is 11.8 Å². The molecule has 1 aliphatic rings. The van der Waals surface area contributed by atoms with E-state index in [0.29, 0.717) is 11.6 Å². The molecule has 0 atom stereocenters. The minimum absolute atomic E-state index is 0.0538. The molecule has 0 aliphatic heterocycles. The van der Waals surface area contributed by atoms with Crippen molar-refractivity contribution in [2.45, 2.75) is 38.6 Å². The van der Waals surface area contributed by atoms with Crippen molar-refractivity contribution in [2.24, 2.45) is 11.8 Å². The Bertz CT molecular complexity index is 663. The molecular formula is C21H31NO6. The second-order valence-electron chi connectivity index (χ2n) is 7.42. The number of methoxy groups -OCH3 is 3. The molecule has 1 aliphatic carbocycles. The number of aromatic hydroxyl groups is 1. The Morgan fingerprint density at radius 2 is 1.71 bits per heavy atom. The fourth-order valence-corrected chi connectivity index (χ4v) is 3.79. The number of amides is 1. The van der Waals surface area contributed by atoms with Crippen LogP contribution < -0.4 is 4.90 Å². The highest BCUT2D eigenvalue weighted by molar-refractivity contribution is 6.04. The summed E-state index contributed by atoms with van der Waals surface area (Å²) in [6, 6.07) is 3.95. The molecule has 28 heavy (non-hydrogen) atoms. The molecule has 7 heteroatoms. The van der Waals surface area contributed by atoms with Crippen molar-refractivity contribution < 1.29 is 28.9 Å². The number of carbonyl (C=O) groups excluding carboxylic acids is 2. The molecule has 2 rings (SSSR count). The van der Waals surface area contributed by atoms with Crippen LogP contribution in [0.3, 0.4) is 0 Å². The third-order valence-electron chi connectivity index (χ3n) is 5.33. The lowest BCUT2D eigenvalue weighted by Gasteiger charge is -2.36. The first-order valence-electron chi connectivity index (χ1n) is 9.65. The number of esters is 1. The minimum Gasteiger partial charge on any atom is -0.508 e. The summed E-state index contributed by atoms with van der Waals surface area (Å²) in [5, 5.41) is 9.86. The van der Waals surface area contributed by atoms with Gasteiger partial charge in [0.1, 0.15) is 5.75 Å². The first kappa shape index (κ1) is 22.2. The van der Waals surface area contributed by atoms with Gasteiger partial charge in [-0.15, -0.1) is 0 Å². The second-order valence-corrected chi connectivity index (χ2v) is 7.42. The highest BCUT2D eigenvalue weighted by Crippen LogP contribution is 2.34. The highest BCUT2D eigenvalue weighted by atomic mass is 16.5. The maximum Gasteiger partial charge on any atom is 0.340 e. The van der Waals surface area contributed by atoms with Crippen molar-refractivity contribution >= 4 is 17.6 Å². The monoisotopic (exact) mass is 393 g/mol. The molecule has 0 heterocycles. The van der Waals surface area contributed by atoms with E-state index < -0.39 is 12.0 Å². The summed E-state index contributed by atoms with van der Waals surface area (Å²) >= 11 is 0. The van der Waals surface area contributed by atoms with E-state index in [9.17, 15) is 14.7 Å². The number of carbonyl (C=O) groups is 2. The second kappa shape index (κ2) is 10.4. The van der Waals surface area contributed by atoms with Crippen molar-refractivity contribution in [3.05, 3.63) is 23.8 Å². The van der Waals surface area contributed by atoms with Crippen molar-refractivity contribution in [3.63, 3.8) is 0 Å². The van der Waals surface area contributed by atoms with Crippen LogP contribution in [0.1, 0.15) is 43.0 Å². The Morgan fingerprint density at radius 3 is 2.25 bits per heavy atom. The van der Waals surface area contributed by atoms with Crippen molar-refractivity contribution in [2.75, 3.05) is 39.4 Å². The molecule has 1 N–H and O–H groups in total. The number of hydrogen-bond donors (Lipinski definition) is 1. The van der Waals surface area contributed by atoms with Gasteiger partial charge in [0.05, 0.1) is 37.6 Å². The third kappa shape index (κ3) is 5.23. The zero-order chi connectivity index (χ0) is 20.7. The molecule has 7 nitrogen and oxygen atoms in total. The van der Waals surface area contributed by atoms with Crippen LogP contribution in [0.5, 0.6) is 5.75 Å². The van der Waals surface area contributed by atoms with Gasteiger partial charge in [0.25, 0.3) is 0 Å². The summed E-state index contributed by atoms with van der Waals surface area (Å²) < 4.78 is 15.5. The molecule has 1 aromatic carbocycles. The third-order valence-corrected chi connectivity index (χ3v) is 5.33. The quantitative estimate of drug-likeness (QED) is 0.684. The zero-order valence-electron chi connectivity index (χ0n) is 17.1. The fraction of sp³-hybridized carbons (Fsp3) is 0.619. The maximum absolute atomic E-state index is 13.5. The SMILES string of the molecule is COCC(COC)N(c1ccc(O)cc1C(=O)OC)C(=O)[C@H]1CC[C@H](C)CC1. The molecule has 0 spiro atoms. The molecule has 1 amide bonds. The molecule has 0 radical (unpaired) electrons.